The lowest BCUT2D eigenvalue weighted by molar-refractivity contribution is -0.128. The van der Waals surface area contributed by atoms with E-state index in [1.807, 2.05) is 125 Å². The van der Waals surface area contributed by atoms with Gasteiger partial charge in [-0.05, 0) is 55.4 Å². The third kappa shape index (κ3) is 21.6. The molecule has 0 saturated carbocycles. The molecule has 0 spiro atoms. The molecule has 4 nitrogen and oxygen atoms in total. The highest BCUT2D eigenvalue weighted by molar-refractivity contribution is 5.87. The number of carbonyl (C=O) groups excluding carboxylic acids is 2. The number of terminal acetylenes is 1. The SMILES string of the molecule is C#CCC.CC.CC.CC.CC.CCC(=O)C1Cc2ccccc2C#Cc2ccccc21.CCNC(=O)COC1CCC#CC(F)(F)CC1. The Balaban J connectivity index is -0.000000663. The molecule has 0 heterocycles. The van der Waals surface area contributed by atoms with Crippen molar-refractivity contribution in [1.29, 1.82) is 0 Å². The zero-order valence-corrected chi connectivity index (χ0v) is 32.2. The van der Waals surface area contributed by atoms with Crippen molar-refractivity contribution in [3.8, 4) is 36.0 Å². The lowest BCUT2D eigenvalue weighted by Gasteiger charge is -2.20. The molecule has 1 N–H and O–H groups in total. The van der Waals surface area contributed by atoms with E-state index < -0.39 is 5.92 Å². The molecular weight excluding hydrogens is 616 g/mol. The Bertz CT molecular complexity index is 1320. The first kappa shape index (κ1) is 49.5. The van der Waals surface area contributed by atoms with Crippen molar-refractivity contribution in [3.63, 3.8) is 0 Å². The van der Waals surface area contributed by atoms with Crippen molar-refractivity contribution in [2.45, 2.75) is 139 Å². The summed E-state index contributed by atoms with van der Waals surface area (Å²) in [7, 11) is 0. The Morgan fingerprint density at radius 1 is 0.898 bits per heavy atom. The summed E-state index contributed by atoms with van der Waals surface area (Å²) in [5, 5.41) is 2.59. The van der Waals surface area contributed by atoms with Gasteiger partial charge in [-0.15, -0.1) is 12.3 Å². The maximum atomic E-state index is 13.0. The molecule has 49 heavy (non-hydrogen) atoms. The lowest BCUT2D eigenvalue weighted by atomic mass is 9.82. The average Bonchev–Trinajstić information content (AvgIpc) is 3.14. The molecule has 0 fully saturated rings. The number of ketones is 1. The standard InChI is InChI=1S/C19H16O.C12H17F2NO2.C4H6.4C2H6/c1-2-19(20)18-13-16-9-4-3-7-14(16)11-12-15-8-5-6-10-17(15)18;1-2-15-11(16)9-17-10-5-3-4-7-12(13,14)8-6-10;1-3-4-2;4*1-2/h3-10,18H,2,13H2,1H3;10H,2-3,5-6,8-9H2,1H3,(H,15,16);1H,4H2,2H3;4*1-2H3. The van der Waals surface area contributed by atoms with E-state index in [0.717, 1.165) is 29.5 Å². The molecule has 2 aromatic rings. The number of likely N-dealkylation sites (N-methyl/N-ethyl adjacent to an activating group) is 1. The maximum absolute atomic E-state index is 13.0. The number of halogens is 2. The number of ether oxygens (including phenoxy) is 1. The van der Waals surface area contributed by atoms with Crippen LogP contribution < -0.4 is 5.32 Å². The lowest BCUT2D eigenvalue weighted by Crippen LogP contribution is -2.30. The van der Waals surface area contributed by atoms with Gasteiger partial charge in [-0.2, -0.15) is 8.78 Å². The second kappa shape index (κ2) is 32.6. The number of Topliss-reactive ketones (excluding diaryl/α,β-unsaturated/α-hetero) is 1. The highest BCUT2D eigenvalue weighted by atomic mass is 19.3. The van der Waals surface area contributed by atoms with Crippen LogP contribution >= 0.6 is 0 Å². The number of benzene rings is 2. The molecule has 0 aliphatic heterocycles. The molecule has 0 aromatic heterocycles. The first-order chi connectivity index (χ1) is 23.7. The minimum absolute atomic E-state index is 0.0719. The van der Waals surface area contributed by atoms with E-state index in [1.165, 1.54) is 5.56 Å². The number of hydrogen-bond acceptors (Lipinski definition) is 3. The summed E-state index contributed by atoms with van der Waals surface area (Å²) in [5.41, 5.74) is 4.26. The van der Waals surface area contributed by atoms with Crippen LogP contribution in [-0.2, 0) is 20.7 Å². The Morgan fingerprint density at radius 3 is 2.02 bits per heavy atom. The van der Waals surface area contributed by atoms with Crippen molar-refractivity contribution in [3.05, 3.63) is 70.8 Å². The minimum Gasteiger partial charge on any atom is -0.368 e. The molecule has 4 rings (SSSR count). The van der Waals surface area contributed by atoms with E-state index in [-0.39, 0.29) is 43.2 Å². The molecule has 2 atom stereocenters. The van der Waals surface area contributed by atoms with Crippen molar-refractivity contribution in [2.24, 2.45) is 0 Å². The Morgan fingerprint density at radius 2 is 1.45 bits per heavy atom. The number of fused-ring (bicyclic) bond motifs is 2. The largest absolute Gasteiger partial charge is 0.368 e. The molecule has 2 aliphatic rings. The van der Waals surface area contributed by atoms with Crippen LogP contribution in [0.3, 0.4) is 0 Å². The van der Waals surface area contributed by atoms with Gasteiger partial charge in [-0.25, -0.2) is 0 Å². The fraction of sp³-hybridized carbons (Fsp3) is 0.535. The highest BCUT2D eigenvalue weighted by Gasteiger charge is 2.28. The van der Waals surface area contributed by atoms with E-state index in [1.54, 1.807) is 0 Å². The fourth-order valence-corrected chi connectivity index (χ4v) is 4.32. The smallest absolute Gasteiger partial charge is 0.308 e. The zero-order chi connectivity index (χ0) is 38.1. The van der Waals surface area contributed by atoms with Crippen molar-refractivity contribution >= 4 is 11.7 Å². The van der Waals surface area contributed by atoms with E-state index >= 15 is 0 Å². The van der Waals surface area contributed by atoms with Gasteiger partial charge >= 0.3 is 5.92 Å². The first-order valence-corrected chi connectivity index (χ1v) is 18.2. The van der Waals surface area contributed by atoms with Crippen molar-refractivity contribution in [2.75, 3.05) is 13.2 Å². The molecule has 2 unspecified atom stereocenters. The average molecular weight is 680 g/mol. The number of alkyl halides is 2. The van der Waals surface area contributed by atoms with Crippen LogP contribution in [0.2, 0.25) is 0 Å². The summed E-state index contributed by atoms with van der Waals surface area (Å²) in [5.74, 6) is 10.4. The van der Waals surface area contributed by atoms with Gasteiger partial charge in [0, 0.05) is 49.3 Å². The second-order valence-electron chi connectivity index (χ2n) is 9.60. The van der Waals surface area contributed by atoms with E-state index in [0.29, 0.717) is 25.8 Å². The van der Waals surface area contributed by atoms with E-state index in [9.17, 15) is 18.4 Å². The quantitative estimate of drug-likeness (QED) is 0.309. The number of amides is 1. The van der Waals surface area contributed by atoms with E-state index in [2.05, 4.69) is 35.1 Å². The summed E-state index contributed by atoms with van der Waals surface area (Å²) < 4.78 is 31.4. The Kier molecular flexibility index (Phi) is 32.9. The van der Waals surface area contributed by atoms with Crippen LogP contribution in [0.15, 0.2) is 48.5 Å². The molecule has 2 aromatic carbocycles. The van der Waals surface area contributed by atoms with Gasteiger partial charge in [-0.1, -0.05) is 123 Å². The van der Waals surface area contributed by atoms with Gasteiger partial charge in [0.05, 0.1) is 6.10 Å². The number of nitrogens with one attached hydrogen (secondary N) is 1. The topological polar surface area (TPSA) is 55.4 Å². The van der Waals surface area contributed by atoms with Crippen LogP contribution in [0.4, 0.5) is 8.78 Å². The predicted molar refractivity (Wildman–Crippen MR) is 205 cm³/mol. The normalized spacial score (nSPS) is 15.3. The molecule has 0 bridgehead atoms. The molecule has 0 radical (unpaired) electrons. The Hall–Kier alpha value is -3.92. The number of carbonyl (C=O) groups is 2. The van der Waals surface area contributed by atoms with Gasteiger partial charge in [-0.3, -0.25) is 9.59 Å². The first-order valence-electron chi connectivity index (χ1n) is 18.2. The molecular formula is C43H63F2NO3. The van der Waals surface area contributed by atoms with Gasteiger partial charge in [0.2, 0.25) is 5.91 Å². The second-order valence-corrected chi connectivity index (χ2v) is 9.60. The fourth-order valence-electron chi connectivity index (χ4n) is 4.32. The van der Waals surface area contributed by atoms with Crippen LogP contribution in [0, 0.1) is 36.0 Å². The summed E-state index contributed by atoms with van der Waals surface area (Å²) in [6, 6.07) is 16.1. The molecule has 1 amide bonds. The predicted octanol–water partition coefficient (Wildman–Crippen LogP) is 10.6. The van der Waals surface area contributed by atoms with Gasteiger partial charge in [0.1, 0.15) is 12.4 Å². The zero-order valence-electron chi connectivity index (χ0n) is 32.2. The summed E-state index contributed by atoms with van der Waals surface area (Å²) in [6.07, 6.45) is 7.54. The number of hydrogen-bond donors (Lipinski definition) is 1. The van der Waals surface area contributed by atoms with E-state index in [4.69, 9.17) is 11.2 Å². The number of rotatable bonds is 6. The minimum atomic E-state index is -2.92. The van der Waals surface area contributed by atoms with Gasteiger partial charge in [0.25, 0.3) is 0 Å². The molecule has 6 heteroatoms. The summed E-state index contributed by atoms with van der Waals surface area (Å²) in [6.45, 7) is 22.2. The summed E-state index contributed by atoms with van der Waals surface area (Å²) >= 11 is 0. The van der Waals surface area contributed by atoms with Crippen molar-refractivity contribution < 1.29 is 23.1 Å². The van der Waals surface area contributed by atoms with Crippen LogP contribution in [-0.4, -0.2) is 36.9 Å². The molecule has 272 valence electrons. The third-order valence-electron chi connectivity index (χ3n) is 6.52. The highest BCUT2D eigenvalue weighted by Crippen LogP contribution is 2.29. The van der Waals surface area contributed by atoms with Crippen LogP contribution in [0.1, 0.15) is 143 Å². The molecule has 2 aliphatic carbocycles. The molecule has 0 saturated heterocycles. The Labute approximate surface area is 298 Å². The van der Waals surface area contributed by atoms with Crippen molar-refractivity contribution in [1.82, 2.24) is 5.32 Å². The van der Waals surface area contributed by atoms with Gasteiger partial charge < -0.3 is 10.1 Å². The van der Waals surface area contributed by atoms with Gasteiger partial charge in [0.15, 0.2) is 0 Å². The van der Waals surface area contributed by atoms with Crippen LogP contribution in [0.25, 0.3) is 0 Å². The third-order valence-corrected chi connectivity index (χ3v) is 6.52. The summed E-state index contributed by atoms with van der Waals surface area (Å²) in [4.78, 5) is 23.5. The van der Waals surface area contributed by atoms with Crippen LogP contribution in [0.5, 0.6) is 0 Å². The maximum Gasteiger partial charge on any atom is 0.308 e. The monoisotopic (exact) mass is 679 g/mol.